The van der Waals surface area contributed by atoms with Crippen molar-refractivity contribution in [3.05, 3.63) is 59.6 Å². The maximum Gasteiger partial charge on any atom is 0.104 e. The molecule has 16 heavy (non-hydrogen) atoms. The molecule has 0 aliphatic carbocycles. The van der Waals surface area contributed by atoms with Gasteiger partial charge in [0.2, 0.25) is 0 Å². The minimum absolute atomic E-state index is 0.422. The van der Waals surface area contributed by atoms with Gasteiger partial charge in [0, 0.05) is 13.2 Å². The molecule has 0 saturated carbocycles. The summed E-state index contributed by atoms with van der Waals surface area (Å²) in [4.78, 5) is 2.26. The lowest BCUT2D eigenvalue weighted by atomic mass is 10.0. The molecular formula is C14H13NS. The van der Waals surface area contributed by atoms with Crippen LogP contribution in [0.3, 0.4) is 0 Å². The fraction of sp³-hybridized carbons (Fsp3) is 0.143. The fourth-order valence-electron chi connectivity index (χ4n) is 2.14. The highest BCUT2D eigenvalue weighted by molar-refractivity contribution is 8.02. The van der Waals surface area contributed by atoms with Gasteiger partial charge >= 0.3 is 0 Å². The van der Waals surface area contributed by atoms with E-state index in [1.54, 1.807) is 0 Å². The molecule has 1 aliphatic rings. The minimum atomic E-state index is 0.422. The third-order valence-electron chi connectivity index (χ3n) is 2.96. The van der Waals surface area contributed by atoms with E-state index in [9.17, 15) is 0 Å². The van der Waals surface area contributed by atoms with Crippen molar-refractivity contribution in [2.24, 2.45) is 0 Å². The molecule has 80 valence electrons. The Kier molecular flexibility index (Phi) is 2.37. The van der Waals surface area contributed by atoms with Gasteiger partial charge in [-0.15, -0.1) is 11.8 Å². The zero-order valence-corrected chi connectivity index (χ0v) is 9.95. The molecule has 0 N–H and O–H groups in total. The van der Waals surface area contributed by atoms with Crippen LogP contribution in [0.4, 0.5) is 0 Å². The summed E-state index contributed by atoms with van der Waals surface area (Å²) in [5.74, 6) is 0. The molecule has 0 spiro atoms. The van der Waals surface area contributed by atoms with Crippen LogP contribution in [0.1, 0.15) is 10.9 Å². The maximum atomic E-state index is 2.26. The van der Waals surface area contributed by atoms with Crippen LogP contribution in [-0.4, -0.2) is 11.9 Å². The molecule has 2 aromatic rings. The van der Waals surface area contributed by atoms with Crippen molar-refractivity contribution in [3.8, 4) is 0 Å². The lowest BCUT2D eigenvalue weighted by molar-refractivity contribution is 0.450. The molecule has 1 heterocycles. The number of benzene rings is 2. The monoisotopic (exact) mass is 227 g/mol. The normalized spacial score (nSPS) is 19.6. The van der Waals surface area contributed by atoms with Crippen LogP contribution in [0.25, 0.3) is 10.8 Å². The highest BCUT2D eigenvalue weighted by Gasteiger charge is 2.19. The van der Waals surface area contributed by atoms with Crippen LogP contribution < -0.4 is 0 Å². The number of nitrogens with zero attached hydrogens (tertiary/aromatic N) is 1. The van der Waals surface area contributed by atoms with E-state index in [1.807, 2.05) is 11.8 Å². The average molecular weight is 227 g/mol. The van der Waals surface area contributed by atoms with Gasteiger partial charge in [0.25, 0.3) is 0 Å². The van der Waals surface area contributed by atoms with Crippen molar-refractivity contribution in [2.45, 2.75) is 5.37 Å². The molecule has 3 rings (SSSR count). The molecule has 0 aromatic heterocycles. The number of hydrogen-bond donors (Lipinski definition) is 0. The number of thioether (sulfide) groups is 1. The Balaban J connectivity index is 2.16. The average Bonchev–Trinajstić information content (AvgIpc) is 2.75. The van der Waals surface area contributed by atoms with Crippen LogP contribution in [-0.2, 0) is 0 Å². The highest BCUT2D eigenvalue weighted by atomic mass is 32.2. The first-order chi connectivity index (χ1) is 7.86. The van der Waals surface area contributed by atoms with Crippen LogP contribution >= 0.6 is 11.8 Å². The van der Waals surface area contributed by atoms with E-state index in [-0.39, 0.29) is 0 Å². The van der Waals surface area contributed by atoms with Gasteiger partial charge in [0.1, 0.15) is 5.37 Å². The minimum Gasteiger partial charge on any atom is -0.364 e. The maximum absolute atomic E-state index is 2.26. The summed E-state index contributed by atoms with van der Waals surface area (Å²) in [6, 6.07) is 15.1. The molecule has 1 unspecified atom stereocenters. The Labute approximate surface area is 99.8 Å². The summed E-state index contributed by atoms with van der Waals surface area (Å²) in [5.41, 5.74) is 1.40. The SMILES string of the molecule is CN1C=CSC1c1cccc2ccccc12. The predicted octanol–water partition coefficient (Wildman–Crippen LogP) is 3.99. The molecule has 2 aromatic carbocycles. The van der Waals surface area contributed by atoms with E-state index in [4.69, 9.17) is 0 Å². The largest absolute Gasteiger partial charge is 0.364 e. The quantitative estimate of drug-likeness (QED) is 0.724. The van der Waals surface area contributed by atoms with Crippen LogP contribution in [0, 0.1) is 0 Å². The second kappa shape index (κ2) is 3.87. The molecule has 0 amide bonds. The Morgan fingerprint density at radius 1 is 1.06 bits per heavy atom. The molecule has 1 nitrogen and oxygen atoms in total. The molecule has 0 radical (unpaired) electrons. The Morgan fingerprint density at radius 3 is 2.69 bits per heavy atom. The van der Waals surface area contributed by atoms with Crippen LogP contribution in [0.15, 0.2) is 54.1 Å². The summed E-state index contributed by atoms with van der Waals surface area (Å²) < 4.78 is 0. The number of hydrogen-bond acceptors (Lipinski definition) is 2. The predicted molar refractivity (Wildman–Crippen MR) is 71.2 cm³/mol. The van der Waals surface area contributed by atoms with Gasteiger partial charge in [-0.1, -0.05) is 42.5 Å². The second-order valence-corrected chi connectivity index (χ2v) is 5.00. The molecular weight excluding hydrogens is 214 g/mol. The van der Waals surface area contributed by atoms with Gasteiger partial charge in [-0.05, 0) is 21.7 Å². The molecule has 0 fully saturated rings. The lowest BCUT2D eigenvalue weighted by Crippen LogP contribution is -2.12. The molecule has 1 aliphatic heterocycles. The van der Waals surface area contributed by atoms with Crippen molar-refractivity contribution >= 4 is 22.5 Å². The lowest BCUT2D eigenvalue weighted by Gasteiger charge is -2.21. The summed E-state index contributed by atoms with van der Waals surface area (Å²) >= 11 is 1.86. The van der Waals surface area contributed by atoms with E-state index in [0.717, 1.165) is 0 Å². The Hall–Kier alpha value is -1.41. The Bertz CT molecular complexity index is 542. The summed E-state index contributed by atoms with van der Waals surface area (Å²) in [5, 5.41) is 5.26. The number of rotatable bonds is 1. The van der Waals surface area contributed by atoms with Gasteiger partial charge in [-0.2, -0.15) is 0 Å². The van der Waals surface area contributed by atoms with Crippen molar-refractivity contribution in [1.82, 2.24) is 4.90 Å². The number of fused-ring (bicyclic) bond motifs is 1. The van der Waals surface area contributed by atoms with E-state index < -0.39 is 0 Å². The van der Waals surface area contributed by atoms with Gasteiger partial charge < -0.3 is 4.90 Å². The summed E-state index contributed by atoms with van der Waals surface area (Å²) in [6.07, 6.45) is 2.14. The first kappa shape index (κ1) is 9.79. The third kappa shape index (κ3) is 1.50. The zero-order valence-electron chi connectivity index (χ0n) is 9.13. The zero-order chi connectivity index (χ0) is 11.0. The first-order valence-electron chi connectivity index (χ1n) is 5.38. The van der Waals surface area contributed by atoms with Crippen molar-refractivity contribution in [3.63, 3.8) is 0 Å². The smallest absolute Gasteiger partial charge is 0.104 e. The van der Waals surface area contributed by atoms with Crippen LogP contribution in [0.2, 0.25) is 0 Å². The topological polar surface area (TPSA) is 3.24 Å². The molecule has 0 bridgehead atoms. The first-order valence-corrected chi connectivity index (χ1v) is 6.32. The third-order valence-corrected chi connectivity index (χ3v) is 4.09. The van der Waals surface area contributed by atoms with Gasteiger partial charge in [0.15, 0.2) is 0 Å². The van der Waals surface area contributed by atoms with Gasteiger partial charge in [-0.25, -0.2) is 0 Å². The van der Waals surface area contributed by atoms with E-state index in [2.05, 4.69) is 66.0 Å². The van der Waals surface area contributed by atoms with E-state index >= 15 is 0 Å². The van der Waals surface area contributed by atoms with Crippen molar-refractivity contribution in [2.75, 3.05) is 7.05 Å². The fourth-order valence-corrected chi connectivity index (χ4v) is 3.16. The van der Waals surface area contributed by atoms with Gasteiger partial charge in [0.05, 0.1) is 0 Å². The van der Waals surface area contributed by atoms with Crippen molar-refractivity contribution < 1.29 is 0 Å². The molecule has 0 saturated heterocycles. The second-order valence-electron chi connectivity index (χ2n) is 4.01. The van der Waals surface area contributed by atoms with Crippen LogP contribution in [0.5, 0.6) is 0 Å². The summed E-state index contributed by atoms with van der Waals surface area (Å²) in [6.45, 7) is 0. The molecule has 1 atom stereocenters. The Morgan fingerprint density at radius 2 is 1.88 bits per heavy atom. The van der Waals surface area contributed by atoms with Gasteiger partial charge in [-0.3, -0.25) is 0 Å². The standard InChI is InChI=1S/C14H13NS/c1-15-9-10-16-14(15)13-8-4-6-11-5-2-3-7-12(11)13/h2-10,14H,1H3. The van der Waals surface area contributed by atoms with E-state index in [1.165, 1.54) is 16.3 Å². The summed E-state index contributed by atoms with van der Waals surface area (Å²) in [7, 11) is 2.13. The highest BCUT2D eigenvalue weighted by Crippen LogP contribution is 2.40. The van der Waals surface area contributed by atoms with Crippen molar-refractivity contribution in [1.29, 1.82) is 0 Å². The van der Waals surface area contributed by atoms with E-state index in [0.29, 0.717) is 5.37 Å². The molecule has 2 heteroatoms.